The van der Waals surface area contributed by atoms with Crippen LogP contribution < -0.4 is 5.32 Å². The minimum absolute atomic E-state index is 0.0400. The van der Waals surface area contributed by atoms with Gasteiger partial charge in [-0.1, -0.05) is 39.0 Å². The van der Waals surface area contributed by atoms with Crippen LogP contribution in [-0.2, 0) is 4.74 Å². The summed E-state index contributed by atoms with van der Waals surface area (Å²) in [4.78, 5) is 0. The summed E-state index contributed by atoms with van der Waals surface area (Å²) in [5.41, 5.74) is -0.656. The van der Waals surface area contributed by atoms with Crippen LogP contribution >= 0.6 is 0 Å². The van der Waals surface area contributed by atoms with E-state index in [1.54, 1.807) is 0 Å². The van der Waals surface area contributed by atoms with Gasteiger partial charge < -0.3 is 15.2 Å². The lowest BCUT2D eigenvalue weighted by Crippen LogP contribution is -2.48. The van der Waals surface area contributed by atoms with Crippen molar-refractivity contribution in [2.45, 2.75) is 83.5 Å². The molecule has 0 amide bonds. The summed E-state index contributed by atoms with van der Waals surface area (Å²) in [6.07, 6.45) is 8.57. The highest BCUT2D eigenvalue weighted by atomic mass is 16.5. The SMILES string of the molecule is CCCCCCCC(C)NCC1(O)CCOC1C. The average molecular weight is 257 g/mol. The highest BCUT2D eigenvalue weighted by Gasteiger charge is 2.39. The summed E-state index contributed by atoms with van der Waals surface area (Å²) in [5.74, 6) is 0. The van der Waals surface area contributed by atoms with Crippen LogP contribution in [0.3, 0.4) is 0 Å². The fourth-order valence-corrected chi connectivity index (χ4v) is 2.51. The van der Waals surface area contributed by atoms with Gasteiger partial charge in [0.05, 0.1) is 6.10 Å². The number of hydrogen-bond donors (Lipinski definition) is 2. The monoisotopic (exact) mass is 257 g/mol. The zero-order valence-electron chi connectivity index (χ0n) is 12.4. The zero-order valence-corrected chi connectivity index (χ0v) is 12.4. The summed E-state index contributed by atoms with van der Waals surface area (Å²) in [5, 5.41) is 13.8. The Kier molecular flexibility index (Phi) is 7.20. The quantitative estimate of drug-likeness (QED) is 0.624. The second-order valence-electron chi connectivity index (χ2n) is 5.85. The number of hydrogen-bond acceptors (Lipinski definition) is 3. The van der Waals surface area contributed by atoms with E-state index >= 15 is 0 Å². The van der Waals surface area contributed by atoms with Crippen molar-refractivity contribution in [2.24, 2.45) is 0 Å². The van der Waals surface area contributed by atoms with Crippen molar-refractivity contribution >= 4 is 0 Å². The van der Waals surface area contributed by atoms with Crippen LogP contribution in [0.1, 0.15) is 65.7 Å². The molecule has 3 heteroatoms. The van der Waals surface area contributed by atoms with Crippen molar-refractivity contribution in [3.05, 3.63) is 0 Å². The summed E-state index contributed by atoms with van der Waals surface area (Å²) < 4.78 is 5.44. The minimum Gasteiger partial charge on any atom is -0.386 e. The van der Waals surface area contributed by atoms with Gasteiger partial charge in [0.1, 0.15) is 5.60 Å². The van der Waals surface area contributed by atoms with E-state index < -0.39 is 5.60 Å². The standard InChI is InChI=1S/C15H31NO2/c1-4-5-6-7-8-9-13(2)16-12-15(17)10-11-18-14(15)3/h13-14,16-17H,4-12H2,1-3H3. The first-order chi connectivity index (χ1) is 8.58. The maximum atomic E-state index is 10.4. The predicted octanol–water partition coefficient (Wildman–Crippen LogP) is 2.86. The van der Waals surface area contributed by atoms with Crippen LogP contribution in [0, 0.1) is 0 Å². The maximum Gasteiger partial charge on any atom is 0.105 e. The number of aliphatic hydroxyl groups is 1. The smallest absolute Gasteiger partial charge is 0.105 e. The molecule has 3 unspecified atom stereocenters. The molecule has 0 radical (unpaired) electrons. The molecule has 0 aliphatic carbocycles. The Morgan fingerprint density at radius 2 is 2.06 bits per heavy atom. The molecule has 3 nitrogen and oxygen atoms in total. The predicted molar refractivity (Wildman–Crippen MR) is 75.8 cm³/mol. The van der Waals surface area contributed by atoms with Gasteiger partial charge in [-0.2, -0.15) is 0 Å². The van der Waals surface area contributed by atoms with Crippen LogP contribution in [0.4, 0.5) is 0 Å². The molecule has 1 rings (SSSR count). The van der Waals surface area contributed by atoms with Gasteiger partial charge in [0.2, 0.25) is 0 Å². The van der Waals surface area contributed by atoms with E-state index in [4.69, 9.17) is 4.74 Å². The van der Waals surface area contributed by atoms with Crippen LogP contribution in [-0.4, -0.2) is 36.0 Å². The summed E-state index contributed by atoms with van der Waals surface area (Å²) in [6, 6.07) is 0.489. The molecule has 1 aliphatic rings. The highest BCUT2D eigenvalue weighted by Crippen LogP contribution is 2.25. The third-order valence-corrected chi connectivity index (χ3v) is 4.16. The molecule has 1 aliphatic heterocycles. The van der Waals surface area contributed by atoms with Gasteiger partial charge in [0.25, 0.3) is 0 Å². The number of nitrogens with one attached hydrogen (secondary N) is 1. The topological polar surface area (TPSA) is 41.5 Å². The molecular formula is C15H31NO2. The maximum absolute atomic E-state index is 10.4. The van der Waals surface area contributed by atoms with Crippen molar-refractivity contribution in [3.8, 4) is 0 Å². The van der Waals surface area contributed by atoms with Gasteiger partial charge in [-0.05, 0) is 20.3 Å². The Labute approximate surface area is 112 Å². The highest BCUT2D eigenvalue weighted by molar-refractivity contribution is 4.92. The Hall–Kier alpha value is -0.120. The summed E-state index contributed by atoms with van der Waals surface area (Å²) in [7, 11) is 0. The van der Waals surface area contributed by atoms with Crippen molar-refractivity contribution in [1.29, 1.82) is 0 Å². The molecular weight excluding hydrogens is 226 g/mol. The van der Waals surface area contributed by atoms with Crippen LogP contribution in [0.2, 0.25) is 0 Å². The van der Waals surface area contributed by atoms with Gasteiger partial charge in [0, 0.05) is 25.6 Å². The fourth-order valence-electron chi connectivity index (χ4n) is 2.51. The molecule has 0 aromatic heterocycles. The Morgan fingerprint density at radius 3 is 2.67 bits per heavy atom. The van der Waals surface area contributed by atoms with Crippen molar-refractivity contribution in [2.75, 3.05) is 13.2 Å². The van der Waals surface area contributed by atoms with Gasteiger partial charge >= 0.3 is 0 Å². The first-order valence-electron chi connectivity index (χ1n) is 7.66. The van der Waals surface area contributed by atoms with Crippen LogP contribution in [0.5, 0.6) is 0 Å². The van der Waals surface area contributed by atoms with Crippen LogP contribution in [0.15, 0.2) is 0 Å². The molecule has 0 spiro atoms. The first kappa shape index (κ1) is 15.9. The van der Waals surface area contributed by atoms with Gasteiger partial charge in [-0.25, -0.2) is 0 Å². The van der Waals surface area contributed by atoms with E-state index in [1.807, 2.05) is 6.92 Å². The lowest BCUT2D eigenvalue weighted by Gasteiger charge is -2.28. The van der Waals surface area contributed by atoms with E-state index in [0.29, 0.717) is 19.2 Å². The molecule has 18 heavy (non-hydrogen) atoms. The van der Waals surface area contributed by atoms with Crippen molar-refractivity contribution in [1.82, 2.24) is 5.32 Å². The summed E-state index contributed by atoms with van der Waals surface area (Å²) in [6.45, 7) is 7.76. The normalized spacial score (nSPS) is 29.7. The van der Waals surface area contributed by atoms with Crippen molar-refractivity contribution in [3.63, 3.8) is 0 Å². The third-order valence-electron chi connectivity index (χ3n) is 4.16. The van der Waals surface area contributed by atoms with Crippen LogP contribution in [0.25, 0.3) is 0 Å². The van der Waals surface area contributed by atoms with E-state index in [2.05, 4.69) is 19.2 Å². The summed E-state index contributed by atoms with van der Waals surface area (Å²) >= 11 is 0. The van der Waals surface area contributed by atoms with Gasteiger partial charge in [-0.15, -0.1) is 0 Å². The lowest BCUT2D eigenvalue weighted by molar-refractivity contribution is -0.0275. The van der Waals surface area contributed by atoms with E-state index in [9.17, 15) is 5.11 Å². The van der Waals surface area contributed by atoms with E-state index in [-0.39, 0.29) is 6.10 Å². The molecule has 1 fully saturated rings. The lowest BCUT2D eigenvalue weighted by atomic mass is 9.96. The second kappa shape index (κ2) is 8.13. The molecule has 108 valence electrons. The molecule has 2 N–H and O–H groups in total. The largest absolute Gasteiger partial charge is 0.386 e. The molecule has 0 aromatic carbocycles. The molecule has 0 saturated carbocycles. The molecule has 1 heterocycles. The zero-order chi connectivity index (χ0) is 13.4. The Balaban J connectivity index is 2.07. The third kappa shape index (κ3) is 5.25. The van der Waals surface area contributed by atoms with Crippen molar-refractivity contribution < 1.29 is 9.84 Å². The van der Waals surface area contributed by atoms with E-state index in [1.165, 1.54) is 38.5 Å². The molecule has 1 saturated heterocycles. The second-order valence-corrected chi connectivity index (χ2v) is 5.85. The van der Waals surface area contributed by atoms with E-state index in [0.717, 1.165) is 6.42 Å². The van der Waals surface area contributed by atoms with Gasteiger partial charge in [-0.3, -0.25) is 0 Å². The number of unbranched alkanes of at least 4 members (excludes halogenated alkanes) is 4. The fraction of sp³-hybridized carbons (Fsp3) is 1.00. The first-order valence-corrected chi connectivity index (χ1v) is 7.66. The van der Waals surface area contributed by atoms with Gasteiger partial charge in [0.15, 0.2) is 0 Å². The molecule has 0 aromatic rings. The Bertz CT molecular complexity index is 223. The minimum atomic E-state index is -0.656. The number of rotatable bonds is 9. The Morgan fingerprint density at radius 1 is 1.33 bits per heavy atom. The average Bonchev–Trinajstić information content (AvgIpc) is 2.68. The molecule has 0 bridgehead atoms. The number of ether oxygens (including phenoxy) is 1. The molecule has 3 atom stereocenters.